The molecule has 1 N–H and O–H groups in total. The molecule has 1 heterocycles. The fourth-order valence-electron chi connectivity index (χ4n) is 4.63. The second-order valence-corrected chi connectivity index (χ2v) is 7.12. The highest BCUT2D eigenvalue weighted by Gasteiger charge is 2.43. The topological polar surface area (TPSA) is 49.8 Å². The lowest BCUT2D eigenvalue weighted by molar-refractivity contribution is 0.0718. The molecule has 0 radical (unpaired) electrons. The van der Waals surface area contributed by atoms with Crippen molar-refractivity contribution >= 4 is 5.91 Å². The number of ether oxygens (including phenoxy) is 1. The standard InChI is InChI=1S/C18H23NO3/c1-19(14-5-12-7-15(20)8-13(12)6-14)18(21)16-4-2-3-11-9-22-10-17(11)16/h2-4,12-15,20H,5-10H2,1H3/t12-,13+,14?,15?. The first-order valence-corrected chi connectivity index (χ1v) is 8.27. The molecule has 3 aliphatic rings. The molecular weight excluding hydrogens is 278 g/mol. The molecule has 22 heavy (non-hydrogen) atoms. The number of nitrogens with zero attached hydrogens (tertiary/aromatic N) is 1. The van der Waals surface area contributed by atoms with Gasteiger partial charge in [0.1, 0.15) is 0 Å². The van der Waals surface area contributed by atoms with Crippen molar-refractivity contribution in [1.82, 2.24) is 4.90 Å². The smallest absolute Gasteiger partial charge is 0.254 e. The summed E-state index contributed by atoms with van der Waals surface area (Å²) in [5.74, 6) is 1.31. The second-order valence-electron chi connectivity index (χ2n) is 7.12. The molecule has 4 heteroatoms. The van der Waals surface area contributed by atoms with Gasteiger partial charge in [-0.05, 0) is 54.7 Å². The van der Waals surface area contributed by atoms with Gasteiger partial charge in [0.2, 0.25) is 0 Å². The Morgan fingerprint density at radius 2 is 1.91 bits per heavy atom. The van der Waals surface area contributed by atoms with E-state index in [0.29, 0.717) is 31.1 Å². The number of aliphatic hydroxyl groups excluding tert-OH is 1. The number of rotatable bonds is 2. The van der Waals surface area contributed by atoms with E-state index in [-0.39, 0.29) is 12.0 Å². The monoisotopic (exact) mass is 301 g/mol. The fraction of sp³-hybridized carbons (Fsp3) is 0.611. The highest BCUT2D eigenvalue weighted by Crippen LogP contribution is 2.45. The third kappa shape index (κ3) is 2.25. The van der Waals surface area contributed by atoms with Gasteiger partial charge in [0.05, 0.1) is 19.3 Å². The minimum absolute atomic E-state index is 0.118. The summed E-state index contributed by atoms with van der Waals surface area (Å²) in [6.07, 6.45) is 3.78. The number of hydrogen-bond donors (Lipinski definition) is 1. The molecule has 0 saturated heterocycles. The van der Waals surface area contributed by atoms with Crippen LogP contribution < -0.4 is 0 Å². The Kier molecular flexibility index (Phi) is 3.46. The molecule has 2 fully saturated rings. The highest BCUT2D eigenvalue weighted by molar-refractivity contribution is 5.96. The summed E-state index contributed by atoms with van der Waals surface area (Å²) in [5, 5.41) is 9.76. The van der Waals surface area contributed by atoms with E-state index in [9.17, 15) is 9.90 Å². The van der Waals surface area contributed by atoms with Gasteiger partial charge in [0.15, 0.2) is 0 Å². The predicted molar refractivity (Wildman–Crippen MR) is 82.3 cm³/mol. The number of amides is 1. The maximum atomic E-state index is 12.9. The molecule has 118 valence electrons. The zero-order valence-corrected chi connectivity index (χ0v) is 13.0. The molecule has 1 aromatic rings. The highest BCUT2D eigenvalue weighted by atomic mass is 16.5. The Morgan fingerprint density at radius 1 is 1.18 bits per heavy atom. The number of aliphatic hydroxyl groups is 1. The van der Waals surface area contributed by atoms with Crippen LogP contribution in [0.1, 0.15) is 47.2 Å². The summed E-state index contributed by atoms with van der Waals surface area (Å²) < 4.78 is 5.48. The van der Waals surface area contributed by atoms with Gasteiger partial charge in [0.25, 0.3) is 5.91 Å². The van der Waals surface area contributed by atoms with Crippen LogP contribution in [-0.4, -0.2) is 35.1 Å². The van der Waals surface area contributed by atoms with Crippen LogP contribution in [0.4, 0.5) is 0 Å². The van der Waals surface area contributed by atoms with Crippen LogP contribution >= 0.6 is 0 Å². The Bertz CT molecular complexity index is 586. The second kappa shape index (κ2) is 5.36. The molecule has 4 atom stereocenters. The van der Waals surface area contributed by atoms with E-state index in [1.165, 1.54) is 0 Å². The Morgan fingerprint density at radius 3 is 2.64 bits per heavy atom. The van der Waals surface area contributed by atoms with Crippen molar-refractivity contribution in [2.24, 2.45) is 11.8 Å². The lowest BCUT2D eigenvalue weighted by atomic mass is 10.0. The van der Waals surface area contributed by atoms with E-state index < -0.39 is 0 Å². The lowest BCUT2D eigenvalue weighted by Crippen LogP contribution is -2.36. The fourth-order valence-corrected chi connectivity index (χ4v) is 4.63. The number of fused-ring (bicyclic) bond motifs is 2. The van der Waals surface area contributed by atoms with E-state index in [4.69, 9.17) is 4.74 Å². The van der Waals surface area contributed by atoms with Crippen molar-refractivity contribution in [3.8, 4) is 0 Å². The zero-order chi connectivity index (χ0) is 15.3. The van der Waals surface area contributed by atoms with Gasteiger partial charge in [0, 0.05) is 18.7 Å². The number of carbonyl (C=O) groups is 1. The molecule has 0 bridgehead atoms. The van der Waals surface area contributed by atoms with Crippen LogP contribution in [0.2, 0.25) is 0 Å². The minimum Gasteiger partial charge on any atom is -0.393 e. The Balaban J connectivity index is 1.51. The third-order valence-corrected chi connectivity index (χ3v) is 5.84. The minimum atomic E-state index is -0.119. The van der Waals surface area contributed by atoms with Gasteiger partial charge in [-0.1, -0.05) is 12.1 Å². The van der Waals surface area contributed by atoms with Gasteiger partial charge in [-0.15, -0.1) is 0 Å². The van der Waals surface area contributed by atoms with Gasteiger partial charge < -0.3 is 14.7 Å². The van der Waals surface area contributed by atoms with Gasteiger partial charge >= 0.3 is 0 Å². The third-order valence-electron chi connectivity index (χ3n) is 5.84. The summed E-state index contributed by atoms with van der Waals surface area (Å²) >= 11 is 0. The maximum absolute atomic E-state index is 12.9. The van der Waals surface area contributed by atoms with Crippen LogP contribution in [0.25, 0.3) is 0 Å². The summed E-state index contributed by atoms with van der Waals surface area (Å²) in [6, 6.07) is 6.23. The van der Waals surface area contributed by atoms with E-state index >= 15 is 0 Å². The summed E-state index contributed by atoms with van der Waals surface area (Å²) in [4.78, 5) is 14.8. The van der Waals surface area contributed by atoms with Crippen molar-refractivity contribution < 1.29 is 14.6 Å². The van der Waals surface area contributed by atoms with Crippen molar-refractivity contribution in [2.75, 3.05) is 7.05 Å². The van der Waals surface area contributed by atoms with Gasteiger partial charge in [-0.25, -0.2) is 0 Å². The van der Waals surface area contributed by atoms with Crippen LogP contribution in [0, 0.1) is 11.8 Å². The largest absolute Gasteiger partial charge is 0.393 e. The van der Waals surface area contributed by atoms with Gasteiger partial charge in [-0.3, -0.25) is 4.79 Å². The summed E-state index contributed by atoms with van der Waals surface area (Å²) in [5.41, 5.74) is 3.01. The Labute approximate surface area is 131 Å². The van der Waals surface area contributed by atoms with E-state index in [0.717, 1.165) is 42.4 Å². The molecule has 4 rings (SSSR count). The van der Waals surface area contributed by atoms with Crippen LogP contribution in [0.5, 0.6) is 0 Å². The summed E-state index contributed by atoms with van der Waals surface area (Å²) in [7, 11) is 1.93. The molecule has 1 amide bonds. The zero-order valence-electron chi connectivity index (χ0n) is 13.0. The van der Waals surface area contributed by atoms with Crippen LogP contribution in [-0.2, 0) is 18.0 Å². The number of hydrogen-bond acceptors (Lipinski definition) is 3. The van der Waals surface area contributed by atoms with Crippen molar-refractivity contribution in [1.29, 1.82) is 0 Å². The molecule has 0 spiro atoms. The number of benzene rings is 1. The molecule has 2 saturated carbocycles. The molecule has 2 unspecified atom stereocenters. The maximum Gasteiger partial charge on any atom is 0.254 e. The lowest BCUT2D eigenvalue weighted by Gasteiger charge is -2.26. The van der Waals surface area contributed by atoms with Crippen molar-refractivity contribution in [3.63, 3.8) is 0 Å². The molecular formula is C18H23NO3. The van der Waals surface area contributed by atoms with Crippen molar-refractivity contribution in [2.45, 2.75) is 51.0 Å². The first kappa shape index (κ1) is 14.2. The van der Waals surface area contributed by atoms with E-state index in [1.54, 1.807) is 0 Å². The SMILES string of the molecule is CN(C(=O)c1cccc2c1COC2)C1C[C@H]2CC(O)C[C@H]2C1. The van der Waals surface area contributed by atoms with Gasteiger partial charge in [-0.2, -0.15) is 0 Å². The normalized spacial score (nSPS) is 32.8. The van der Waals surface area contributed by atoms with Crippen molar-refractivity contribution in [3.05, 3.63) is 34.9 Å². The van der Waals surface area contributed by atoms with Crippen LogP contribution in [0.3, 0.4) is 0 Å². The average molecular weight is 301 g/mol. The molecule has 4 nitrogen and oxygen atoms in total. The molecule has 2 aliphatic carbocycles. The molecule has 1 aliphatic heterocycles. The quantitative estimate of drug-likeness (QED) is 0.912. The van der Waals surface area contributed by atoms with Crippen LogP contribution in [0.15, 0.2) is 18.2 Å². The first-order valence-electron chi connectivity index (χ1n) is 8.27. The predicted octanol–water partition coefficient (Wildman–Crippen LogP) is 2.34. The van der Waals surface area contributed by atoms with E-state index in [1.807, 2.05) is 30.1 Å². The van der Waals surface area contributed by atoms with E-state index in [2.05, 4.69) is 0 Å². The number of carbonyl (C=O) groups excluding carboxylic acids is 1. The summed E-state index contributed by atoms with van der Waals surface area (Å²) in [6.45, 7) is 1.17. The Hall–Kier alpha value is -1.39. The first-order chi connectivity index (χ1) is 10.6. The molecule has 1 aromatic carbocycles. The average Bonchev–Trinajstić information content (AvgIpc) is 3.18. The molecule has 0 aromatic heterocycles.